The second-order valence-electron chi connectivity index (χ2n) is 4.80. The van der Waals surface area contributed by atoms with Gasteiger partial charge in [0.1, 0.15) is 18.3 Å². The van der Waals surface area contributed by atoms with E-state index in [0.717, 1.165) is 10.8 Å². The number of aryl methyl sites for hydroxylation is 1. The molecule has 0 radical (unpaired) electrons. The van der Waals surface area contributed by atoms with E-state index in [1.807, 2.05) is 4.98 Å². The van der Waals surface area contributed by atoms with Crippen molar-refractivity contribution in [1.82, 2.24) is 9.55 Å². The zero-order valence-electron chi connectivity index (χ0n) is 11.0. The molecule has 1 aliphatic rings. The third-order valence-corrected chi connectivity index (χ3v) is 3.30. The van der Waals surface area contributed by atoms with Gasteiger partial charge in [-0.1, -0.05) is 0 Å². The number of rotatable bonds is 3. The summed E-state index contributed by atoms with van der Waals surface area (Å²) in [4.78, 5) is 36.0. The standard InChI is InChI=1S/C11H15N3O7/c1-3-2-14(11(20)13-9(3)19)10-5(16)4(15)7(21-10)6(17)8(12)18/h2,4-7,10,15-17H,1H3,(H2,12,18)(H,13,19,20)/t4-,5+,6-,7+,10+/m0/s1. The Bertz CT molecular complexity index is 667. The third-order valence-electron chi connectivity index (χ3n) is 3.30. The van der Waals surface area contributed by atoms with Crippen LogP contribution in [0, 0.1) is 6.92 Å². The van der Waals surface area contributed by atoms with Gasteiger partial charge >= 0.3 is 5.69 Å². The van der Waals surface area contributed by atoms with E-state index >= 15 is 0 Å². The van der Waals surface area contributed by atoms with Gasteiger partial charge in [-0.3, -0.25) is 19.1 Å². The van der Waals surface area contributed by atoms with E-state index in [0.29, 0.717) is 0 Å². The van der Waals surface area contributed by atoms with Gasteiger partial charge in [0, 0.05) is 11.8 Å². The summed E-state index contributed by atoms with van der Waals surface area (Å²) < 4.78 is 6.02. The fourth-order valence-corrected chi connectivity index (χ4v) is 2.11. The number of nitrogens with zero attached hydrogens (tertiary/aromatic N) is 1. The molecule has 1 aromatic rings. The summed E-state index contributed by atoms with van der Waals surface area (Å²) in [6.07, 6.45) is -6.78. The molecule has 0 bridgehead atoms. The molecule has 10 heteroatoms. The van der Waals surface area contributed by atoms with Crippen LogP contribution in [0.4, 0.5) is 0 Å². The number of hydrogen-bond donors (Lipinski definition) is 5. The summed E-state index contributed by atoms with van der Waals surface area (Å²) in [6, 6.07) is 0. The van der Waals surface area contributed by atoms with E-state index in [1.165, 1.54) is 6.92 Å². The quantitative estimate of drug-likeness (QED) is 0.383. The lowest BCUT2D eigenvalue weighted by Gasteiger charge is -2.18. The number of aliphatic hydroxyl groups is 3. The molecule has 1 amide bonds. The first-order chi connectivity index (χ1) is 9.73. The lowest BCUT2D eigenvalue weighted by molar-refractivity contribution is -0.140. The highest BCUT2D eigenvalue weighted by Gasteiger charge is 2.48. The molecule has 0 spiro atoms. The SMILES string of the molecule is Cc1cn([C@@H]2O[C@@H]([C@H](O)C(N)=O)[C@@H](O)[C@H]2O)c(=O)[nH]c1=O. The Balaban J connectivity index is 2.38. The van der Waals surface area contributed by atoms with Crippen LogP contribution in [0.1, 0.15) is 11.8 Å². The normalized spacial score (nSPS) is 30.3. The molecule has 21 heavy (non-hydrogen) atoms. The maximum Gasteiger partial charge on any atom is 0.330 e. The second-order valence-corrected chi connectivity index (χ2v) is 4.80. The van der Waals surface area contributed by atoms with Crippen LogP contribution < -0.4 is 17.0 Å². The van der Waals surface area contributed by atoms with E-state index < -0.39 is 47.8 Å². The van der Waals surface area contributed by atoms with Crippen molar-refractivity contribution in [3.63, 3.8) is 0 Å². The van der Waals surface area contributed by atoms with Gasteiger partial charge in [-0.05, 0) is 6.92 Å². The molecule has 0 unspecified atom stereocenters. The summed E-state index contributed by atoms with van der Waals surface area (Å²) in [6.45, 7) is 1.43. The molecule has 5 atom stereocenters. The van der Waals surface area contributed by atoms with E-state index in [1.54, 1.807) is 0 Å². The molecule has 0 aromatic carbocycles. The van der Waals surface area contributed by atoms with Crippen LogP contribution in [0.3, 0.4) is 0 Å². The molecule has 1 aromatic heterocycles. The fraction of sp³-hybridized carbons (Fsp3) is 0.545. The number of aliphatic hydroxyl groups excluding tert-OH is 3. The molecule has 1 fully saturated rings. The third kappa shape index (κ3) is 2.61. The number of H-pyrrole nitrogens is 1. The molecule has 116 valence electrons. The predicted molar refractivity (Wildman–Crippen MR) is 67.2 cm³/mol. The zero-order valence-corrected chi connectivity index (χ0v) is 11.0. The number of ether oxygens (including phenoxy) is 1. The van der Waals surface area contributed by atoms with Gasteiger partial charge in [-0.15, -0.1) is 0 Å². The molecule has 0 saturated carbocycles. The Morgan fingerprint density at radius 3 is 2.62 bits per heavy atom. The average molecular weight is 301 g/mol. The van der Waals surface area contributed by atoms with E-state index in [-0.39, 0.29) is 5.56 Å². The van der Waals surface area contributed by atoms with Crippen molar-refractivity contribution in [3.8, 4) is 0 Å². The minimum atomic E-state index is -1.85. The number of primary amides is 1. The maximum atomic E-state index is 11.7. The van der Waals surface area contributed by atoms with E-state index in [2.05, 4.69) is 0 Å². The number of aromatic amines is 1. The maximum absolute atomic E-state index is 11.7. The summed E-state index contributed by atoms with van der Waals surface area (Å²) >= 11 is 0. The highest BCUT2D eigenvalue weighted by Crippen LogP contribution is 2.30. The van der Waals surface area contributed by atoms with Crippen molar-refractivity contribution in [2.75, 3.05) is 0 Å². The number of nitrogens with one attached hydrogen (secondary N) is 1. The molecule has 2 heterocycles. The van der Waals surface area contributed by atoms with Crippen LogP contribution in [0.2, 0.25) is 0 Å². The summed E-state index contributed by atoms with van der Waals surface area (Å²) in [5.41, 5.74) is 3.62. The highest BCUT2D eigenvalue weighted by molar-refractivity contribution is 5.79. The smallest absolute Gasteiger partial charge is 0.330 e. The van der Waals surface area contributed by atoms with Gasteiger partial charge in [0.05, 0.1) is 0 Å². The Kier molecular flexibility index (Phi) is 3.96. The largest absolute Gasteiger partial charge is 0.387 e. The fourth-order valence-electron chi connectivity index (χ4n) is 2.11. The van der Waals surface area contributed by atoms with Crippen molar-refractivity contribution in [2.24, 2.45) is 5.73 Å². The minimum absolute atomic E-state index is 0.179. The minimum Gasteiger partial charge on any atom is -0.387 e. The number of carbonyl (C=O) groups excluding carboxylic acids is 1. The molecule has 1 saturated heterocycles. The Hall–Kier alpha value is -2.01. The zero-order chi connectivity index (χ0) is 15.9. The summed E-state index contributed by atoms with van der Waals surface area (Å²) in [5.74, 6) is -1.14. The molecular formula is C11H15N3O7. The van der Waals surface area contributed by atoms with Gasteiger partial charge in [-0.25, -0.2) is 4.79 Å². The van der Waals surface area contributed by atoms with Crippen molar-refractivity contribution >= 4 is 5.91 Å². The molecule has 1 aliphatic heterocycles. The van der Waals surface area contributed by atoms with Crippen LogP contribution >= 0.6 is 0 Å². The monoisotopic (exact) mass is 301 g/mol. The Morgan fingerprint density at radius 1 is 1.43 bits per heavy atom. The first-order valence-corrected chi connectivity index (χ1v) is 6.05. The first-order valence-electron chi connectivity index (χ1n) is 6.05. The molecular weight excluding hydrogens is 286 g/mol. The van der Waals surface area contributed by atoms with Crippen molar-refractivity contribution in [2.45, 2.75) is 37.6 Å². The Labute approximate surface area is 117 Å². The predicted octanol–water partition coefficient (Wildman–Crippen LogP) is -3.69. The van der Waals surface area contributed by atoms with Gasteiger partial charge < -0.3 is 25.8 Å². The van der Waals surface area contributed by atoms with Crippen molar-refractivity contribution in [1.29, 1.82) is 0 Å². The number of nitrogens with two attached hydrogens (primary N) is 1. The van der Waals surface area contributed by atoms with Crippen LogP contribution in [0.25, 0.3) is 0 Å². The van der Waals surface area contributed by atoms with Gasteiger partial charge in [0.2, 0.25) is 5.91 Å². The van der Waals surface area contributed by atoms with E-state index in [4.69, 9.17) is 10.5 Å². The lowest BCUT2D eigenvalue weighted by atomic mass is 10.1. The summed E-state index contributed by atoms with van der Waals surface area (Å²) in [7, 11) is 0. The molecule has 6 N–H and O–H groups in total. The van der Waals surface area contributed by atoms with Crippen LogP contribution in [0.15, 0.2) is 15.8 Å². The number of amides is 1. The van der Waals surface area contributed by atoms with Crippen molar-refractivity contribution in [3.05, 3.63) is 32.6 Å². The number of aromatic nitrogens is 2. The average Bonchev–Trinajstić information content (AvgIpc) is 2.70. The van der Waals surface area contributed by atoms with Gasteiger partial charge in [-0.2, -0.15) is 0 Å². The first kappa shape index (κ1) is 15.4. The van der Waals surface area contributed by atoms with Crippen LogP contribution in [-0.2, 0) is 9.53 Å². The van der Waals surface area contributed by atoms with Crippen LogP contribution in [-0.4, -0.2) is 55.2 Å². The van der Waals surface area contributed by atoms with Gasteiger partial charge in [0.25, 0.3) is 5.56 Å². The molecule has 2 rings (SSSR count). The lowest BCUT2D eigenvalue weighted by Crippen LogP contribution is -2.45. The van der Waals surface area contributed by atoms with Crippen LogP contribution in [0.5, 0.6) is 0 Å². The van der Waals surface area contributed by atoms with Gasteiger partial charge in [0.15, 0.2) is 12.3 Å². The molecule has 10 nitrogen and oxygen atoms in total. The van der Waals surface area contributed by atoms with E-state index in [9.17, 15) is 29.7 Å². The Morgan fingerprint density at radius 2 is 2.05 bits per heavy atom. The number of hydrogen-bond acceptors (Lipinski definition) is 7. The van der Waals surface area contributed by atoms with Crippen molar-refractivity contribution < 1.29 is 24.9 Å². The second kappa shape index (κ2) is 5.41. The molecule has 0 aliphatic carbocycles. The highest BCUT2D eigenvalue weighted by atomic mass is 16.6. The topological polar surface area (TPSA) is 168 Å². The number of carbonyl (C=O) groups is 1. The summed E-state index contributed by atoms with van der Waals surface area (Å²) in [5, 5.41) is 29.2.